The molecule has 0 saturated carbocycles. The van der Waals surface area contributed by atoms with E-state index < -0.39 is 0 Å². The highest BCUT2D eigenvalue weighted by atomic mass is 16.1. The molecule has 0 spiro atoms. The van der Waals surface area contributed by atoms with Gasteiger partial charge in [0, 0.05) is 23.9 Å². The van der Waals surface area contributed by atoms with Crippen molar-refractivity contribution in [1.29, 1.82) is 0 Å². The number of nitrogens with one attached hydrogen (secondary N) is 1. The molecule has 0 fully saturated rings. The zero-order chi connectivity index (χ0) is 14.5. The number of ketones is 1. The van der Waals surface area contributed by atoms with Gasteiger partial charge in [-0.25, -0.2) is 0 Å². The first kappa shape index (κ1) is 13.8. The van der Waals surface area contributed by atoms with E-state index in [0.29, 0.717) is 22.4 Å². The van der Waals surface area contributed by atoms with Gasteiger partial charge in [0.15, 0.2) is 5.78 Å². The SMILES string of the molecule is CNC(=O)Cc1cccc(C(=O)c2ccccc2)c1N. The summed E-state index contributed by atoms with van der Waals surface area (Å²) in [5.74, 6) is -0.275. The molecule has 2 aromatic carbocycles. The Labute approximate surface area is 117 Å². The molecule has 0 aliphatic heterocycles. The molecule has 0 saturated heterocycles. The van der Waals surface area contributed by atoms with Crippen LogP contribution in [0.1, 0.15) is 21.5 Å². The predicted octanol–water partition coefficient (Wildman–Crippen LogP) is 1.79. The van der Waals surface area contributed by atoms with Crippen LogP contribution in [0.15, 0.2) is 48.5 Å². The molecule has 4 nitrogen and oxygen atoms in total. The average molecular weight is 268 g/mol. The van der Waals surface area contributed by atoms with E-state index in [1.54, 1.807) is 49.5 Å². The third-order valence-corrected chi connectivity index (χ3v) is 3.11. The number of anilines is 1. The van der Waals surface area contributed by atoms with E-state index in [2.05, 4.69) is 5.32 Å². The van der Waals surface area contributed by atoms with Gasteiger partial charge in [-0.1, -0.05) is 42.5 Å². The lowest BCUT2D eigenvalue weighted by Crippen LogP contribution is -2.21. The van der Waals surface area contributed by atoms with Crippen LogP contribution in [0.3, 0.4) is 0 Å². The molecule has 0 unspecified atom stereocenters. The van der Waals surface area contributed by atoms with Crippen molar-refractivity contribution in [2.75, 3.05) is 12.8 Å². The zero-order valence-electron chi connectivity index (χ0n) is 11.2. The third kappa shape index (κ3) is 2.85. The number of para-hydroxylation sites is 1. The summed E-state index contributed by atoms with van der Waals surface area (Å²) in [7, 11) is 1.57. The van der Waals surface area contributed by atoms with Crippen molar-refractivity contribution in [3.8, 4) is 0 Å². The molecule has 102 valence electrons. The van der Waals surface area contributed by atoms with Crippen LogP contribution >= 0.6 is 0 Å². The van der Waals surface area contributed by atoms with Gasteiger partial charge in [0.05, 0.1) is 6.42 Å². The van der Waals surface area contributed by atoms with Gasteiger partial charge in [-0.3, -0.25) is 9.59 Å². The first-order chi connectivity index (χ1) is 9.63. The van der Waals surface area contributed by atoms with Gasteiger partial charge in [-0.15, -0.1) is 0 Å². The number of hydrogen-bond donors (Lipinski definition) is 2. The Kier molecular flexibility index (Phi) is 4.15. The molecule has 0 aliphatic carbocycles. The van der Waals surface area contributed by atoms with E-state index >= 15 is 0 Å². The van der Waals surface area contributed by atoms with E-state index in [4.69, 9.17) is 5.73 Å². The molecule has 0 radical (unpaired) electrons. The van der Waals surface area contributed by atoms with Crippen molar-refractivity contribution in [1.82, 2.24) is 5.32 Å². The average Bonchev–Trinajstić information content (AvgIpc) is 2.49. The molecule has 0 atom stereocenters. The highest BCUT2D eigenvalue weighted by Gasteiger charge is 2.15. The van der Waals surface area contributed by atoms with Gasteiger partial charge in [-0.2, -0.15) is 0 Å². The van der Waals surface area contributed by atoms with Gasteiger partial charge in [0.1, 0.15) is 0 Å². The fourth-order valence-electron chi connectivity index (χ4n) is 1.97. The van der Waals surface area contributed by atoms with Crippen molar-refractivity contribution in [3.05, 3.63) is 65.2 Å². The highest BCUT2D eigenvalue weighted by Crippen LogP contribution is 2.21. The Morgan fingerprint density at radius 1 is 1.05 bits per heavy atom. The smallest absolute Gasteiger partial charge is 0.224 e. The Morgan fingerprint density at radius 2 is 1.75 bits per heavy atom. The molecule has 1 amide bonds. The standard InChI is InChI=1S/C16H16N2O2/c1-18-14(19)10-12-8-5-9-13(15(12)17)16(20)11-6-3-2-4-7-11/h2-9H,10,17H2,1H3,(H,18,19). The molecule has 0 aromatic heterocycles. The topological polar surface area (TPSA) is 72.2 Å². The quantitative estimate of drug-likeness (QED) is 0.656. The Hall–Kier alpha value is -2.62. The van der Waals surface area contributed by atoms with Crippen LogP contribution in [0.5, 0.6) is 0 Å². The molecule has 0 heterocycles. The molecular formula is C16H16N2O2. The summed E-state index contributed by atoms with van der Waals surface area (Å²) in [5, 5.41) is 2.54. The maximum absolute atomic E-state index is 12.4. The number of amides is 1. The monoisotopic (exact) mass is 268 g/mol. The number of hydrogen-bond acceptors (Lipinski definition) is 3. The summed E-state index contributed by atoms with van der Waals surface area (Å²) in [6, 6.07) is 14.1. The first-order valence-electron chi connectivity index (χ1n) is 6.31. The van der Waals surface area contributed by atoms with Crippen LogP contribution in [0.4, 0.5) is 5.69 Å². The number of likely N-dealkylation sites (N-methyl/N-ethyl adjacent to an activating group) is 1. The van der Waals surface area contributed by atoms with Crippen molar-refractivity contribution >= 4 is 17.4 Å². The number of nitrogens with two attached hydrogens (primary N) is 1. The van der Waals surface area contributed by atoms with Crippen LogP contribution in [-0.2, 0) is 11.2 Å². The fourth-order valence-corrected chi connectivity index (χ4v) is 1.97. The lowest BCUT2D eigenvalue weighted by Gasteiger charge is -2.10. The minimum Gasteiger partial charge on any atom is -0.398 e. The summed E-state index contributed by atoms with van der Waals surface area (Å²) in [6.07, 6.45) is 0.165. The van der Waals surface area contributed by atoms with Crippen molar-refractivity contribution < 1.29 is 9.59 Å². The summed E-state index contributed by atoms with van der Waals surface area (Å²) in [4.78, 5) is 23.8. The lowest BCUT2D eigenvalue weighted by atomic mass is 9.97. The van der Waals surface area contributed by atoms with E-state index in [1.807, 2.05) is 6.07 Å². The second kappa shape index (κ2) is 6.02. The molecule has 3 N–H and O–H groups in total. The summed E-state index contributed by atoms with van der Waals surface area (Å²) in [5.41, 5.74) is 8.06. The third-order valence-electron chi connectivity index (χ3n) is 3.11. The largest absolute Gasteiger partial charge is 0.398 e. The van der Waals surface area contributed by atoms with Crippen molar-refractivity contribution in [2.45, 2.75) is 6.42 Å². The second-order valence-electron chi connectivity index (χ2n) is 4.42. The van der Waals surface area contributed by atoms with Crippen LogP contribution in [0.25, 0.3) is 0 Å². The van der Waals surface area contributed by atoms with E-state index in [1.165, 1.54) is 0 Å². The molecule has 4 heteroatoms. The van der Waals surface area contributed by atoms with Gasteiger partial charge in [0.25, 0.3) is 0 Å². The normalized spacial score (nSPS) is 10.1. The van der Waals surface area contributed by atoms with E-state index in [9.17, 15) is 9.59 Å². The van der Waals surface area contributed by atoms with Gasteiger partial charge in [-0.05, 0) is 11.6 Å². The van der Waals surface area contributed by atoms with Crippen LogP contribution in [0.2, 0.25) is 0 Å². The Bertz CT molecular complexity index is 636. The second-order valence-corrected chi connectivity index (χ2v) is 4.42. The van der Waals surface area contributed by atoms with Crippen molar-refractivity contribution in [2.24, 2.45) is 0 Å². The summed E-state index contributed by atoms with van der Waals surface area (Å²) < 4.78 is 0. The first-order valence-corrected chi connectivity index (χ1v) is 6.31. The Balaban J connectivity index is 2.36. The zero-order valence-corrected chi connectivity index (χ0v) is 11.2. The molecule has 20 heavy (non-hydrogen) atoms. The van der Waals surface area contributed by atoms with Gasteiger partial charge in [0.2, 0.25) is 5.91 Å². The predicted molar refractivity (Wildman–Crippen MR) is 78.5 cm³/mol. The minimum absolute atomic E-state index is 0.137. The van der Waals surface area contributed by atoms with E-state index in [0.717, 1.165) is 0 Å². The lowest BCUT2D eigenvalue weighted by molar-refractivity contribution is -0.119. The van der Waals surface area contributed by atoms with Gasteiger partial charge < -0.3 is 11.1 Å². The number of carbonyl (C=O) groups is 2. The highest BCUT2D eigenvalue weighted by molar-refractivity contribution is 6.12. The van der Waals surface area contributed by atoms with Crippen LogP contribution in [-0.4, -0.2) is 18.7 Å². The summed E-state index contributed by atoms with van der Waals surface area (Å²) in [6.45, 7) is 0. The molecule has 2 aromatic rings. The van der Waals surface area contributed by atoms with E-state index in [-0.39, 0.29) is 18.1 Å². The molecular weight excluding hydrogens is 252 g/mol. The number of carbonyl (C=O) groups excluding carboxylic acids is 2. The van der Waals surface area contributed by atoms with Gasteiger partial charge >= 0.3 is 0 Å². The maximum atomic E-state index is 12.4. The molecule has 0 aliphatic rings. The van der Waals surface area contributed by atoms with Crippen molar-refractivity contribution in [3.63, 3.8) is 0 Å². The fraction of sp³-hybridized carbons (Fsp3) is 0.125. The molecule has 0 bridgehead atoms. The number of nitrogen functional groups attached to an aromatic ring is 1. The Morgan fingerprint density at radius 3 is 2.40 bits per heavy atom. The summed E-state index contributed by atoms with van der Waals surface area (Å²) >= 11 is 0. The maximum Gasteiger partial charge on any atom is 0.224 e. The number of benzene rings is 2. The molecule has 2 rings (SSSR count). The minimum atomic E-state index is -0.138. The number of rotatable bonds is 4. The van der Waals surface area contributed by atoms with Crippen LogP contribution < -0.4 is 11.1 Å². The van der Waals surface area contributed by atoms with Crippen LogP contribution in [0, 0.1) is 0 Å².